The summed E-state index contributed by atoms with van der Waals surface area (Å²) < 4.78 is 18.6. The van der Waals surface area contributed by atoms with Crippen molar-refractivity contribution in [2.45, 2.75) is 0 Å². The molecule has 0 radical (unpaired) electrons. The highest BCUT2D eigenvalue weighted by molar-refractivity contribution is 6.25. The maximum absolute atomic E-state index is 6.99. The van der Waals surface area contributed by atoms with E-state index in [0.717, 1.165) is 177 Å². The van der Waals surface area contributed by atoms with Crippen LogP contribution >= 0.6 is 0 Å². The maximum Gasteiger partial charge on any atom is 0.164 e. The van der Waals surface area contributed by atoms with Crippen molar-refractivity contribution < 1.29 is 8.83 Å². The lowest BCUT2D eigenvalue weighted by atomic mass is 10.00. The second-order valence-corrected chi connectivity index (χ2v) is 32.8. The summed E-state index contributed by atoms with van der Waals surface area (Å²) in [5, 5.41) is 8.62. The fourth-order valence-corrected chi connectivity index (χ4v) is 18.5. The number of fused-ring (bicyclic) bond motifs is 14. The van der Waals surface area contributed by atoms with Gasteiger partial charge in [0.2, 0.25) is 0 Å². The molecule has 0 aliphatic carbocycles. The first-order valence-electron chi connectivity index (χ1n) is 43.8. The predicted octanol–water partition coefficient (Wildman–Crippen LogP) is 31.4. The van der Waals surface area contributed by atoms with Gasteiger partial charge in [0.25, 0.3) is 0 Å². The number of rotatable bonds is 15. The molecule has 130 heavy (non-hydrogen) atoms. The molecule has 608 valence electrons. The van der Waals surface area contributed by atoms with Crippen molar-refractivity contribution in [1.29, 1.82) is 0 Å². The monoisotopic (exact) mass is 1660 g/mol. The molecule has 10 nitrogen and oxygen atoms in total. The Labute approximate surface area is 749 Å². The highest BCUT2D eigenvalue weighted by atomic mass is 16.3. The van der Waals surface area contributed by atoms with Crippen molar-refractivity contribution in [2.24, 2.45) is 0 Å². The summed E-state index contributed by atoms with van der Waals surface area (Å²) in [4.78, 5) is 30.6. The molecular weight excluding hydrogens is 1590 g/mol. The van der Waals surface area contributed by atoms with E-state index in [-0.39, 0.29) is 0 Å². The Morgan fingerprint density at radius 2 is 0.377 bits per heavy atom. The molecule has 19 aromatic carbocycles. The van der Waals surface area contributed by atoms with Crippen molar-refractivity contribution in [2.75, 3.05) is 0 Å². The average molecular weight is 1660 g/mol. The summed E-state index contributed by atoms with van der Waals surface area (Å²) >= 11 is 0. The maximum atomic E-state index is 6.99. The third-order valence-corrected chi connectivity index (χ3v) is 24.9. The lowest BCUT2D eigenvalue weighted by Crippen LogP contribution is -2.00. The van der Waals surface area contributed by atoms with Crippen LogP contribution in [0.3, 0.4) is 0 Å². The molecule has 0 N–H and O–H groups in total. The zero-order valence-corrected chi connectivity index (χ0v) is 70.3. The van der Waals surface area contributed by atoms with Crippen molar-refractivity contribution in [3.63, 3.8) is 0 Å². The van der Waals surface area contributed by atoms with Crippen LogP contribution in [0.4, 0.5) is 0 Å². The van der Waals surface area contributed by atoms with Gasteiger partial charge < -0.3 is 18.0 Å². The molecule has 10 heteroatoms. The Morgan fingerprint density at radius 3 is 0.731 bits per heavy atom. The standard InChI is InChI=1S/C63H40N4O.C57H36N4O/c1-4-14-41(15-5-1)44-26-28-46(29-27-44)49-21-13-23-52(39-49)67-56-25-11-10-24-55(56)59-57(67)37-36-54-53-35-34-51(40-58(53)68-60(54)59)63-65-61(47-32-30-45(31-33-47)42-16-6-2-7-17-42)64-62(66-63)50-22-12-20-48(38-50)43-18-8-3-9-19-43;1-4-14-37(15-5-1)39-26-28-40(29-27-39)43-21-13-23-46(35-43)61-50-25-11-10-24-49(50)53-51(61)33-32-48-47-31-30-45(36-52(47)62-54(48)53)57-59-55(41-18-8-3-9-19-41)58-56(60-57)44-22-12-20-42(34-44)38-16-6-2-7-17-38/h1-40H;1-36H. The molecule has 0 saturated carbocycles. The number of aromatic nitrogens is 8. The summed E-state index contributed by atoms with van der Waals surface area (Å²) in [6.45, 7) is 0. The number of nitrogens with zero attached hydrogens (tertiary/aromatic N) is 8. The van der Waals surface area contributed by atoms with Gasteiger partial charge in [-0.05, 0) is 175 Å². The lowest BCUT2D eigenvalue weighted by molar-refractivity contribution is 0.672. The molecule has 0 unspecified atom stereocenters. The second-order valence-electron chi connectivity index (χ2n) is 32.8. The first-order chi connectivity index (χ1) is 64.4. The first-order valence-corrected chi connectivity index (χ1v) is 43.8. The van der Waals surface area contributed by atoms with E-state index in [1.54, 1.807) is 0 Å². The third-order valence-electron chi connectivity index (χ3n) is 24.9. The first kappa shape index (κ1) is 76.1. The highest BCUT2D eigenvalue weighted by Gasteiger charge is 2.25. The summed E-state index contributed by atoms with van der Waals surface area (Å²) in [5.41, 5.74) is 31.4. The van der Waals surface area contributed by atoms with E-state index in [2.05, 4.69) is 422 Å². The Hall–Kier alpha value is -17.6. The number of benzene rings is 19. The Balaban J connectivity index is 0.000000145. The molecule has 0 amide bonds. The highest BCUT2D eigenvalue weighted by Crippen LogP contribution is 2.46. The molecule has 0 atom stereocenters. The molecule has 0 spiro atoms. The molecule has 6 heterocycles. The summed E-state index contributed by atoms with van der Waals surface area (Å²) in [5.74, 6) is 3.57. The smallest absolute Gasteiger partial charge is 0.164 e. The third kappa shape index (κ3) is 14.1. The minimum absolute atomic E-state index is 0.570. The van der Waals surface area contributed by atoms with Gasteiger partial charge >= 0.3 is 0 Å². The molecule has 6 aromatic heterocycles. The number of hydrogen-bond donors (Lipinski definition) is 0. The molecule has 0 fully saturated rings. The Bertz CT molecular complexity index is 8610. The molecule has 0 aliphatic rings. The van der Waals surface area contributed by atoms with Gasteiger partial charge in [0, 0.05) is 77.1 Å². The molecule has 0 aliphatic heterocycles. The fraction of sp³-hybridized carbons (Fsp3) is 0. The molecular formula is C120H76N8O2. The molecule has 25 rings (SSSR count). The van der Waals surface area contributed by atoms with Gasteiger partial charge in [0.1, 0.15) is 22.3 Å². The largest absolute Gasteiger partial charge is 0.455 e. The van der Waals surface area contributed by atoms with Gasteiger partial charge in [0.15, 0.2) is 34.9 Å². The van der Waals surface area contributed by atoms with Gasteiger partial charge in [0.05, 0.1) is 32.8 Å². The number of furan rings is 2. The quantitative estimate of drug-likeness (QED) is 0.0997. The van der Waals surface area contributed by atoms with Crippen LogP contribution in [0, 0.1) is 0 Å². The Kier molecular flexibility index (Phi) is 19.0. The van der Waals surface area contributed by atoms with Crippen LogP contribution in [-0.4, -0.2) is 39.0 Å². The van der Waals surface area contributed by atoms with Crippen molar-refractivity contribution in [1.82, 2.24) is 39.0 Å². The van der Waals surface area contributed by atoms with Gasteiger partial charge in [-0.25, -0.2) is 29.9 Å². The SMILES string of the molecule is c1ccc(-c2ccc(-c3cccc(-n4c5ccccc5c5c6oc7cc(-c8nc(-c9ccc(-c%10ccccc%10)cc9)nc(-c9cccc(-c%10ccccc%10)c9)n8)ccc7c6ccc54)c3)cc2)cc1.c1ccc(-c2ccc(-c3cccc(-n4c5ccccc5c5c6oc7cc(-c8nc(-c9ccccc9)nc(-c9cccc(-c%10ccccc%10)c9)n8)ccc7c6ccc54)c3)cc2)cc1. The van der Waals surface area contributed by atoms with Crippen molar-refractivity contribution in [3.8, 4) is 158 Å². The van der Waals surface area contributed by atoms with E-state index >= 15 is 0 Å². The normalized spacial score (nSPS) is 11.5. The summed E-state index contributed by atoms with van der Waals surface area (Å²) in [6.07, 6.45) is 0. The van der Waals surface area contributed by atoms with Crippen LogP contribution in [0.25, 0.3) is 245 Å². The van der Waals surface area contributed by atoms with Gasteiger partial charge in [-0.15, -0.1) is 0 Å². The topological polar surface area (TPSA) is 113 Å². The second kappa shape index (κ2) is 32.5. The van der Waals surface area contributed by atoms with E-state index < -0.39 is 0 Å². The molecule has 0 saturated heterocycles. The minimum Gasteiger partial charge on any atom is -0.455 e. The lowest BCUT2D eigenvalue weighted by Gasteiger charge is -2.11. The fourth-order valence-electron chi connectivity index (χ4n) is 18.5. The summed E-state index contributed by atoms with van der Waals surface area (Å²) in [7, 11) is 0. The van der Waals surface area contributed by atoms with Gasteiger partial charge in [-0.3, -0.25) is 0 Å². The molecule has 0 bridgehead atoms. The van der Waals surface area contributed by atoms with Crippen molar-refractivity contribution >= 4 is 87.5 Å². The van der Waals surface area contributed by atoms with Crippen LogP contribution in [0.2, 0.25) is 0 Å². The zero-order valence-electron chi connectivity index (χ0n) is 70.3. The van der Waals surface area contributed by atoms with Gasteiger partial charge in [-0.2, -0.15) is 0 Å². The summed E-state index contributed by atoms with van der Waals surface area (Å²) in [6, 6.07) is 161. The van der Waals surface area contributed by atoms with E-state index in [0.29, 0.717) is 34.9 Å². The minimum atomic E-state index is 0.570. The number of hydrogen-bond acceptors (Lipinski definition) is 8. The van der Waals surface area contributed by atoms with E-state index in [1.165, 1.54) is 33.4 Å². The Morgan fingerprint density at radius 1 is 0.146 bits per heavy atom. The van der Waals surface area contributed by atoms with Crippen LogP contribution in [-0.2, 0) is 0 Å². The predicted molar refractivity (Wildman–Crippen MR) is 534 cm³/mol. The van der Waals surface area contributed by atoms with Crippen LogP contribution in [0.15, 0.2) is 470 Å². The zero-order chi connectivity index (χ0) is 86.0. The number of para-hydroxylation sites is 2. The van der Waals surface area contributed by atoms with E-state index in [9.17, 15) is 0 Å². The van der Waals surface area contributed by atoms with E-state index in [4.69, 9.17) is 38.7 Å². The van der Waals surface area contributed by atoms with Crippen LogP contribution in [0.1, 0.15) is 0 Å². The molecule has 25 aromatic rings. The van der Waals surface area contributed by atoms with Crippen LogP contribution < -0.4 is 0 Å². The van der Waals surface area contributed by atoms with Crippen molar-refractivity contribution in [3.05, 3.63) is 461 Å². The van der Waals surface area contributed by atoms with Crippen LogP contribution in [0.5, 0.6) is 0 Å². The van der Waals surface area contributed by atoms with E-state index in [1.807, 2.05) is 48.5 Å². The average Bonchev–Trinajstić information content (AvgIpc) is 1.56. The van der Waals surface area contributed by atoms with Gasteiger partial charge in [-0.1, -0.05) is 364 Å².